The van der Waals surface area contributed by atoms with Gasteiger partial charge in [0.15, 0.2) is 0 Å². The van der Waals surface area contributed by atoms with Gasteiger partial charge >= 0.3 is 0 Å². The fourth-order valence-electron chi connectivity index (χ4n) is 2.11. The van der Waals surface area contributed by atoms with Gasteiger partial charge in [0.25, 0.3) is 5.91 Å². The van der Waals surface area contributed by atoms with Crippen LogP contribution in [-0.4, -0.2) is 51.5 Å². The number of hydrogen-bond acceptors (Lipinski definition) is 4. The van der Waals surface area contributed by atoms with Gasteiger partial charge in [0, 0.05) is 25.2 Å². The van der Waals surface area contributed by atoms with E-state index in [9.17, 15) is 13.2 Å². The van der Waals surface area contributed by atoms with Crippen LogP contribution in [0.3, 0.4) is 0 Å². The number of ether oxygens (including phenoxy) is 1. The lowest BCUT2D eigenvalue weighted by atomic mass is 10.2. The fraction of sp³-hybridized carbons (Fsp3) is 0.500. The van der Waals surface area contributed by atoms with E-state index in [-0.39, 0.29) is 34.5 Å². The predicted molar refractivity (Wildman–Crippen MR) is 83.7 cm³/mol. The van der Waals surface area contributed by atoms with Gasteiger partial charge in [-0.1, -0.05) is 18.5 Å². The molecule has 8 heteroatoms. The Balaban J connectivity index is 2.31. The van der Waals surface area contributed by atoms with E-state index in [2.05, 4.69) is 5.32 Å². The molecule has 122 valence electrons. The maximum absolute atomic E-state index is 12.7. The summed E-state index contributed by atoms with van der Waals surface area (Å²) < 4.78 is 31.8. The lowest BCUT2D eigenvalue weighted by Gasteiger charge is -2.26. The summed E-state index contributed by atoms with van der Waals surface area (Å²) in [5.41, 5.74) is 0.282. The average molecular weight is 347 g/mol. The smallest absolute Gasteiger partial charge is 0.251 e. The molecule has 22 heavy (non-hydrogen) atoms. The molecule has 1 heterocycles. The minimum atomic E-state index is -3.73. The molecule has 1 N–H and O–H groups in total. The van der Waals surface area contributed by atoms with E-state index >= 15 is 0 Å². The van der Waals surface area contributed by atoms with Crippen LogP contribution < -0.4 is 5.32 Å². The Morgan fingerprint density at radius 1 is 1.36 bits per heavy atom. The summed E-state index contributed by atoms with van der Waals surface area (Å²) in [7, 11) is -3.73. The highest BCUT2D eigenvalue weighted by Gasteiger charge is 2.29. The first-order chi connectivity index (χ1) is 10.5. The Hall–Kier alpha value is -1.15. The van der Waals surface area contributed by atoms with Crippen molar-refractivity contribution in [3.05, 3.63) is 28.8 Å². The average Bonchev–Trinajstić information content (AvgIpc) is 2.53. The van der Waals surface area contributed by atoms with Crippen molar-refractivity contribution in [2.24, 2.45) is 0 Å². The van der Waals surface area contributed by atoms with E-state index in [0.29, 0.717) is 19.8 Å². The van der Waals surface area contributed by atoms with Gasteiger partial charge < -0.3 is 10.1 Å². The number of halogens is 1. The quantitative estimate of drug-likeness (QED) is 0.876. The number of nitrogens with one attached hydrogen (secondary N) is 1. The highest BCUT2D eigenvalue weighted by Crippen LogP contribution is 2.26. The van der Waals surface area contributed by atoms with Crippen LogP contribution in [0.1, 0.15) is 23.7 Å². The van der Waals surface area contributed by atoms with Crippen LogP contribution in [0.4, 0.5) is 0 Å². The first-order valence-electron chi connectivity index (χ1n) is 7.12. The molecule has 0 radical (unpaired) electrons. The van der Waals surface area contributed by atoms with Crippen molar-refractivity contribution in [3.63, 3.8) is 0 Å². The molecule has 0 spiro atoms. The standard InChI is InChI=1S/C14H19ClN2O4S/c1-2-5-16-14(18)11-3-4-12(15)13(10-11)22(19,20)17-6-8-21-9-7-17/h3-4,10H,2,5-9H2,1H3,(H,16,18). The Labute approximate surface area is 135 Å². The number of sulfonamides is 1. The summed E-state index contributed by atoms with van der Waals surface area (Å²) in [5.74, 6) is -0.308. The summed E-state index contributed by atoms with van der Waals surface area (Å²) in [6, 6.07) is 4.29. The zero-order valence-electron chi connectivity index (χ0n) is 12.3. The molecule has 1 saturated heterocycles. The van der Waals surface area contributed by atoms with Gasteiger partial charge in [-0.25, -0.2) is 8.42 Å². The number of amides is 1. The normalized spacial score (nSPS) is 16.5. The van der Waals surface area contributed by atoms with Gasteiger partial charge in [-0.15, -0.1) is 0 Å². The van der Waals surface area contributed by atoms with Crippen molar-refractivity contribution < 1.29 is 17.9 Å². The third-order valence-electron chi connectivity index (χ3n) is 3.32. The Morgan fingerprint density at radius 2 is 2.05 bits per heavy atom. The van der Waals surface area contributed by atoms with Crippen molar-refractivity contribution in [3.8, 4) is 0 Å². The number of carbonyl (C=O) groups is 1. The number of rotatable bonds is 5. The van der Waals surface area contributed by atoms with E-state index in [1.54, 1.807) is 0 Å². The first kappa shape index (κ1) is 17.2. The van der Waals surface area contributed by atoms with E-state index in [0.717, 1.165) is 6.42 Å². The van der Waals surface area contributed by atoms with Crippen LogP contribution in [0.5, 0.6) is 0 Å². The highest BCUT2D eigenvalue weighted by molar-refractivity contribution is 7.89. The fourth-order valence-corrected chi connectivity index (χ4v) is 4.02. The first-order valence-corrected chi connectivity index (χ1v) is 8.94. The molecule has 0 aromatic heterocycles. The molecule has 0 atom stereocenters. The third-order valence-corrected chi connectivity index (χ3v) is 5.70. The Morgan fingerprint density at radius 3 is 2.68 bits per heavy atom. The number of morpholine rings is 1. The second-order valence-corrected chi connectivity index (χ2v) is 7.23. The predicted octanol–water partition coefficient (Wildman–Crippen LogP) is 1.50. The van der Waals surface area contributed by atoms with Gasteiger partial charge in [0.05, 0.1) is 18.2 Å². The summed E-state index contributed by atoms with van der Waals surface area (Å²) in [5, 5.41) is 2.83. The monoisotopic (exact) mass is 346 g/mol. The third kappa shape index (κ3) is 3.78. The molecule has 6 nitrogen and oxygen atoms in total. The summed E-state index contributed by atoms with van der Waals surface area (Å²) in [6.07, 6.45) is 0.804. The Bertz CT molecular complexity index is 642. The lowest BCUT2D eigenvalue weighted by molar-refractivity contribution is 0.0730. The molecule has 2 rings (SSSR count). The highest BCUT2D eigenvalue weighted by atomic mass is 35.5. The lowest BCUT2D eigenvalue weighted by Crippen LogP contribution is -2.40. The topological polar surface area (TPSA) is 75.7 Å². The summed E-state index contributed by atoms with van der Waals surface area (Å²) in [6.45, 7) is 3.75. The molecule has 1 aliphatic heterocycles. The van der Waals surface area contributed by atoms with Gasteiger partial charge in [0.1, 0.15) is 4.90 Å². The molecule has 1 aliphatic rings. The van der Waals surface area contributed by atoms with Crippen LogP contribution in [0.15, 0.2) is 23.1 Å². The summed E-state index contributed by atoms with van der Waals surface area (Å²) in [4.78, 5) is 11.9. The van der Waals surface area contributed by atoms with Gasteiger partial charge in [0.2, 0.25) is 10.0 Å². The molecule has 0 bridgehead atoms. The van der Waals surface area contributed by atoms with Crippen LogP contribution in [-0.2, 0) is 14.8 Å². The molecule has 0 aliphatic carbocycles. The van der Waals surface area contributed by atoms with Crippen LogP contribution in [0, 0.1) is 0 Å². The van der Waals surface area contributed by atoms with Crippen molar-refractivity contribution in [1.82, 2.24) is 9.62 Å². The largest absolute Gasteiger partial charge is 0.379 e. The minimum absolute atomic E-state index is 0.0415. The van der Waals surface area contributed by atoms with Crippen LogP contribution >= 0.6 is 11.6 Å². The SMILES string of the molecule is CCCNC(=O)c1ccc(Cl)c(S(=O)(=O)N2CCOCC2)c1. The number of benzene rings is 1. The second-order valence-electron chi connectivity index (χ2n) is 4.92. The molecular weight excluding hydrogens is 328 g/mol. The zero-order valence-corrected chi connectivity index (χ0v) is 13.9. The molecular formula is C14H19ClN2O4S. The van der Waals surface area contributed by atoms with Crippen LogP contribution in [0.2, 0.25) is 5.02 Å². The Kier molecular flexibility index (Phi) is 5.80. The molecule has 1 aromatic rings. The zero-order chi connectivity index (χ0) is 16.2. The number of carbonyl (C=O) groups excluding carboxylic acids is 1. The number of nitrogens with zero attached hydrogens (tertiary/aromatic N) is 1. The van der Waals surface area contributed by atoms with Crippen molar-refractivity contribution >= 4 is 27.5 Å². The maximum atomic E-state index is 12.7. The van der Waals surface area contributed by atoms with Gasteiger partial charge in [-0.05, 0) is 24.6 Å². The summed E-state index contributed by atoms with van der Waals surface area (Å²) >= 11 is 6.04. The molecule has 1 fully saturated rings. The number of hydrogen-bond donors (Lipinski definition) is 1. The van der Waals surface area contributed by atoms with Gasteiger partial charge in [-0.3, -0.25) is 4.79 Å². The molecule has 1 aromatic carbocycles. The van der Waals surface area contributed by atoms with E-state index in [1.165, 1.54) is 22.5 Å². The van der Waals surface area contributed by atoms with E-state index in [4.69, 9.17) is 16.3 Å². The van der Waals surface area contributed by atoms with Crippen LogP contribution in [0.25, 0.3) is 0 Å². The molecule has 1 amide bonds. The van der Waals surface area contributed by atoms with E-state index in [1.807, 2.05) is 6.92 Å². The molecule has 0 saturated carbocycles. The van der Waals surface area contributed by atoms with Crippen molar-refractivity contribution in [2.75, 3.05) is 32.8 Å². The van der Waals surface area contributed by atoms with Crippen molar-refractivity contribution in [2.45, 2.75) is 18.2 Å². The van der Waals surface area contributed by atoms with Crippen molar-refractivity contribution in [1.29, 1.82) is 0 Å². The van der Waals surface area contributed by atoms with Gasteiger partial charge in [-0.2, -0.15) is 4.31 Å². The maximum Gasteiger partial charge on any atom is 0.251 e. The minimum Gasteiger partial charge on any atom is -0.379 e. The molecule has 0 unspecified atom stereocenters. The second kappa shape index (κ2) is 7.41. The van der Waals surface area contributed by atoms with E-state index < -0.39 is 10.0 Å².